The van der Waals surface area contributed by atoms with Crippen LogP contribution in [0.2, 0.25) is 10.0 Å². The second-order valence-electron chi connectivity index (χ2n) is 4.27. The molecule has 2 aromatic carbocycles. The third kappa shape index (κ3) is 2.32. The van der Waals surface area contributed by atoms with E-state index >= 15 is 0 Å². The predicted octanol–water partition coefficient (Wildman–Crippen LogP) is 4.00. The first-order valence-corrected chi connectivity index (χ1v) is 6.57. The number of H-pyrrole nitrogens is 1. The Hall–Kier alpha value is -1.55. The number of aromatic amines is 1. The summed E-state index contributed by atoms with van der Waals surface area (Å²) in [5.41, 5.74) is 9.36. The van der Waals surface area contributed by atoms with Gasteiger partial charge in [0.1, 0.15) is 5.82 Å². The maximum Gasteiger partial charge on any atom is 0.138 e. The third-order valence-electron chi connectivity index (χ3n) is 2.96. The first-order valence-electron chi connectivity index (χ1n) is 5.81. The molecule has 3 aromatic rings. The predicted molar refractivity (Wildman–Crippen MR) is 79.4 cm³/mol. The molecular formula is C14H11Cl2N3. The zero-order valence-corrected chi connectivity index (χ0v) is 11.5. The minimum atomic E-state index is 0.503. The molecule has 1 aromatic heterocycles. The highest BCUT2D eigenvalue weighted by molar-refractivity contribution is 6.42. The molecular weight excluding hydrogens is 281 g/mol. The lowest BCUT2D eigenvalue weighted by Gasteiger charge is -1.99. The van der Waals surface area contributed by atoms with E-state index < -0.39 is 0 Å². The highest BCUT2D eigenvalue weighted by Gasteiger charge is 2.08. The fourth-order valence-electron chi connectivity index (χ4n) is 1.99. The van der Waals surface area contributed by atoms with Crippen molar-refractivity contribution in [3.05, 3.63) is 52.0 Å². The van der Waals surface area contributed by atoms with E-state index in [1.807, 2.05) is 24.3 Å². The van der Waals surface area contributed by atoms with Crippen LogP contribution in [0.3, 0.4) is 0 Å². The normalized spacial score (nSPS) is 11.1. The molecule has 3 N–H and O–H groups in total. The molecule has 3 nitrogen and oxygen atoms in total. The topological polar surface area (TPSA) is 54.7 Å². The molecule has 0 aliphatic heterocycles. The van der Waals surface area contributed by atoms with Gasteiger partial charge in [-0.1, -0.05) is 41.4 Å². The molecule has 0 atom stereocenters. The third-order valence-corrected chi connectivity index (χ3v) is 3.68. The summed E-state index contributed by atoms with van der Waals surface area (Å²) in [6, 6.07) is 11.5. The molecule has 19 heavy (non-hydrogen) atoms. The molecule has 0 fully saturated rings. The number of benzene rings is 2. The monoisotopic (exact) mass is 291 g/mol. The minimum absolute atomic E-state index is 0.503. The van der Waals surface area contributed by atoms with E-state index in [2.05, 4.69) is 9.97 Å². The van der Waals surface area contributed by atoms with Crippen LogP contribution in [0.1, 0.15) is 5.56 Å². The van der Waals surface area contributed by atoms with Crippen LogP contribution in [0.25, 0.3) is 22.4 Å². The van der Waals surface area contributed by atoms with E-state index in [0.29, 0.717) is 16.6 Å². The minimum Gasteiger partial charge on any atom is -0.338 e. The Balaban J connectivity index is 2.14. The maximum absolute atomic E-state index is 5.99. The SMILES string of the molecule is NCc1cccc(-c2nc3cc(Cl)c(Cl)cc3[nH]2)c1. The van der Waals surface area contributed by atoms with Crippen molar-refractivity contribution in [1.82, 2.24) is 9.97 Å². The van der Waals surface area contributed by atoms with E-state index in [1.165, 1.54) is 0 Å². The molecule has 0 bridgehead atoms. The number of nitrogens with two attached hydrogens (primary N) is 1. The van der Waals surface area contributed by atoms with Gasteiger partial charge in [0.2, 0.25) is 0 Å². The van der Waals surface area contributed by atoms with Gasteiger partial charge in [-0.2, -0.15) is 0 Å². The van der Waals surface area contributed by atoms with Crippen LogP contribution < -0.4 is 5.73 Å². The molecule has 0 radical (unpaired) electrons. The van der Waals surface area contributed by atoms with Crippen LogP contribution in [0.4, 0.5) is 0 Å². The average molecular weight is 292 g/mol. The smallest absolute Gasteiger partial charge is 0.138 e. The van der Waals surface area contributed by atoms with Crippen molar-refractivity contribution in [2.75, 3.05) is 0 Å². The second-order valence-corrected chi connectivity index (χ2v) is 5.09. The quantitative estimate of drug-likeness (QED) is 0.750. The first-order chi connectivity index (χ1) is 9.17. The summed E-state index contributed by atoms with van der Waals surface area (Å²) in [6.07, 6.45) is 0. The van der Waals surface area contributed by atoms with Gasteiger partial charge in [-0.15, -0.1) is 0 Å². The van der Waals surface area contributed by atoms with Gasteiger partial charge in [0.05, 0.1) is 21.1 Å². The van der Waals surface area contributed by atoms with Gasteiger partial charge in [-0.05, 0) is 23.8 Å². The molecule has 3 rings (SSSR count). The molecule has 0 unspecified atom stereocenters. The molecule has 1 heterocycles. The van der Waals surface area contributed by atoms with Crippen molar-refractivity contribution in [1.29, 1.82) is 0 Å². The standard InChI is InChI=1S/C14H11Cl2N3/c15-10-5-12-13(6-11(10)16)19-14(18-12)9-3-1-2-8(4-9)7-17/h1-6H,7,17H2,(H,18,19). The number of nitrogens with zero attached hydrogens (tertiary/aromatic N) is 1. The molecule has 0 aliphatic rings. The number of fused-ring (bicyclic) bond motifs is 1. The molecule has 0 amide bonds. The number of nitrogens with one attached hydrogen (secondary N) is 1. The Labute approximate surface area is 120 Å². The number of aromatic nitrogens is 2. The van der Waals surface area contributed by atoms with Crippen LogP contribution in [-0.2, 0) is 6.54 Å². The van der Waals surface area contributed by atoms with E-state index in [0.717, 1.165) is 28.0 Å². The molecule has 0 spiro atoms. The highest BCUT2D eigenvalue weighted by atomic mass is 35.5. The zero-order valence-electron chi connectivity index (χ0n) is 9.95. The number of rotatable bonds is 2. The maximum atomic E-state index is 5.99. The lowest BCUT2D eigenvalue weighted by atomic mass is 10.1. The van der Waals surface area contributed by atoms with Crippen LogP contribution in [0.5, 0.6) is 0 Å². The van der Waals surface area contributed by atoms with Gasteiger partial charge in [0.25, 0.3) is 0 Å². The summed E-state index contributed by atoms with van der Waals surface area (Å²) in [5.74, 6) is 0.781. The molecule has 5 heteroatoms. The van der Waals surface area contributed by atoms with Crippen molar-refractivity contribution < 1.29 is 0 Å². The Kier molecular flexibility index (Phi) is 3.19. The molecule has 96 valence electrons. The number of imidazole rings is 1. The summed E-state index contributed by atoms with van der Waals surface area (Å²) in [7, 11) is 0. The fraction of sp³-hybridized carbons (Fsp3) is 0.0714. The van der Waals surface area contributed by atoms with E-state index in [-0.39, 0.29) is 0 Å². The Morgan fingerprint density at radius 1 is 1.11 bits per heavy atom. The lowest BCUT2D eigenvalue weighted by molar-refractivity contribution is 1.07. The van der Waals surface area contributed by atoms with E-state index in [9.17, 15) is 0 Å². The zero-order chi connectivity index (χ0) is 13.4. The van der Waals surface area contributed by atoms with Gasteiger partial charge in [0, 0.05) is 12.1 Å². The van der Waals surface area contributed by atoms with Crippen LogP contribution in [-0.4, -0.2) is 9.97 Å². The first kappa shape index (κ1) is 12.5. The Bertz CT molecular complexity index is 711. The van der Waals surface area contributed by atoms with Gasteiger partial charge >= 0.3 is 0 Å². The number of hydrogen-bond donors (Lipinski definition) is 2. The summed E-state index contributed by atoms with van der Waals surface area (Å²) >= 11 is 12.0. The Morgan fingerprint density at radius 2 is 1.89 bits per heavy atom. The Morgan fingerprint density at radius 3 is 2.68 bits per heavy atom. The van der Waals surface area contributed by atoms with Gasteiger partial charge in [-0.25, -0.2) is 4.98 Å². The summed E-state index contributed by atoms with van der Waals surface area (Å²) in [6.45, 7) is 0.506. The summed E-state index contributed by atoms with van der Waals surface area (Å²) in [5, 5.41) is 1.02. The highest BCUT2D eigenvalue weighted by Crippen LogP contribution is 2.28. The van der Waals surface area contributed by atoms with Crippen molar-refractivity contribution in [3.8, 4) is 11.4 Å². The fourth-order valence-corrected chi connectivity index (χ4v) is 2.31. The van der Waals surface area contributed by atoms with Gasteiger partial charge in [0.15, 0.2) is 0 Å². The van der Waals surface area contributed by atoms with Crippen molar-refractivity contribution >= 4 is 34.2 Å². The van der Waals surface area contributed by atoms with E-state index in [1.54, 1.807) is 12.1 Å². The molecule has 0 saturated carbocycles. The molecule has 0 aliphatic carbocycles. The van der Waals surface area contributed by atoms with Crippen molar-refractivity contribution in [2.24, 2.45) is 5.73 Å². The van der Waals surface area contributed by atoms with Crippen LogP contribution in [0, 0.1) is 0 Å². The van der Waals surface area contributed by atoms with Gasteiger partial charge < -0.3 is 10.7 Å². The molecule has 0 saturated heterocycles. The van der Waals surface area contributed by atoms with Crippen molar-refractivity contribution in [3.63, 3.8) is 0 Å². The summed E-state index contributed by atoms with van der Waals surface area (Å²) < 4.78 is 0. The van der Waals surface area contributed by atoms with Crippen molar-refractivity contribution in [2.45, 2.75) is 6.54 Å². The lowest BCUT2D eigenvalue weighted by Crippen LogP contribution is -1.95. The average Bonchev–Trinajstić information content (AvgIpc) is 2.82. The second kappa shape index (κ2) is 4.85. The van der Waals surface area contributed by atoms with E-state index in [4.69, 9.17) is 28.9 Å². The van der Waals surface area contributed by atoms with Crippen LogP contribution >= 0.6 is 23.2 Å². The van der Waals surface area contributed by atoms with Gasteiger partial charge in [-0.3, -0.25) is 0 Å². The largest absolute Gasteiger partial charge is 0.338 e. The number of hydrogen-bond acceptors (Lipinski definition) is 2. The van der Waals surface area contributed by atoms with Crippen LogP contribution in [0.15, 0.2) is 36.4 Å². The summed E-state index contributed by atoms with van der Waals surface area (Å²) in [4.78, 5) is 7.76. The number of halogens is 2.